The van der Waals surface area contributed by atoms with Crippen LogP contribution in [0.3, 0.4) is 0 Å². The van der Waals surface area contributed by atoms with Crippen molar-refractivity contribution < 1.29 is 26.1 Å². The van der Waals surface area contributed by atoms with Crippen LogP contribution < -0.4 is 0 Å². The molecular formula is C20H27F3O3S3. The summed E-state index contributed by atoms with van der Waals surface area (Å²) in [4.78, 5) is 0. The summed E-state index contributed by atoms with van der Waals surface area (Å²) >= 11 is 4.09. The number of thioether (sulfide) groups is 1. The lowest BCUT2D eigenvalue weighted by Crippen LogP contribution is -2.21. The summed E-state index contributed by atoms with van der Waals surface area (Å²) in [6, 6.07) is 9.55. The Kier molecular flexibility index (Phi) is 9.44. The number of halogens is 3. The van der Waals surface area contributed by atoms with Crippen molar-refractivity contribution in [2.45, 2.75) is 63.3 Å². The van der Waals surface area contributed by atoms with Crippen LogP contribution in [0.1, 0.15) is 68.9 Å². The third-order valence-electron chi connectivity index (χ3n) is 5.20. The van der Waals surface area contributed by atoms with Gasteiger partial charge in [0.05, 0.1) is 0 Å². The van der Waals surface area contributed by atoms with E-state index in [1.54, 1.807) is 9.76 Å². The first-order valence-electron chi connectivity index (χ1n) is 9.87. The standard InChI is InChI=1S/C19H27S2.CHF3O3S/c1-2-4-15-5-7-16(8-6-15)17-9-11-18(12-10-17)19-20-13-3-14-21-19;2-1(3,4)8(5,6)7/h9-12,15-16H,2-8,13-14H2,1H3;(H,5,6,7)/q+1;/p-1. The molecule has 1 heterocycles. The predicted octanol–water partition coefficient (Wildman–Crippen LogP) is 5.51. The number of alkyl halides is 3. The highest BCUT2D eigenvalue weighted by molar-refractivity contribution is 8.23. The summed E-state index contributed by atoms with van der Waals surface area (Å²) in [5.41, 5.74) is -2.61. The van der Waals surface area contributed by atoms with Crippen LogP contribution in [-0.4, -0.2) is 34.2 Å². The highest BCUT2D eigenvalue weighted by Gasteiger charge is 2.36. The third-order valence-corrected chi connectivity index (χ3v) is 8.46. The summed E-state index contributed by atoms with van der Waals surface area (Å²) < 4.78 is 60.4. The Morgan fingerprint density at radius 1 is 1.14 bits per heavy atom. The molecule has 0 aromatic heterocycles. The van der Waals surface area contributed by atoms with Gasteiger partial charge >= 0.3 is 5.51 Å². The maximum Gasteiger partial charge on any atom is 0.485 e. The van der Waals surface area contributed by atoms with Gasteiger partial charge in [0.1, 0.15) is 0 Å². The van der Waals surface area contributed by atoms with Gasteiger partial charge in [0, 0.05) is 17.7 Å². The van der Waals surface area contributed by atoms with E-state index in [2.05, 4.69) is 31.2 Å². The second-order valence-electron chi connectivity index (χ2n) is 7.37. The molecule has 0 radical (unpaired) electrons. The fraction of sp³-hybridized carbons (Fsp3) is 0.650. The summed E-state index contributed by atoms with van der Waals surface area (Å²) in [6.07, 6.45) is 9.87. The zero-order chi connectivity index (χ0) is 21.5. The van der Waals surface area contributed by atoms with Gasteiger partial charge in [0.25, 0.3) is 4.20 Å². The molecule has 1 aromatic carbocycles. The quantitative estimate of drug-likeness (QED) is 0.253. The van der Waals surface area contributed by atoms with Gasteiger partial charge in [-0.1, -0.05) is 43.7 Å². The van der Waals surface area contributed by atoms with Crippen LogP contribution in [-0.2, 0) is 21.5 Å². The molecule has 2 aliphatic rings. The molecule has 29 heavy (non-hydrogen) atoms. The topological polar surface area (TPSA) is 57.2 Å². The number of rotatable bonds is 4. The van der Waals surface area contributed by atoms with Crippen molar-refractivity contribution in [2.75, 3.05) is 11.5 Å². The van der Waals surface area contributed by atoms with Crippen LogP contribution in [0.2, 0.25) is 0 Å². The van der Waals surface area contributed by atoms with Crippen LogP contribution in [0.5, 0.6) is 0 Å². The van der Waals surface area contributed by atoms with Gasteiger partial charge in [-0.3, -0.25) is 0 Å². The molecule has 1 aliphatic carbocycles. The molecule has 1 aromatic rings. The zero-order valence-corrected chi connectivity index (χ0v) is 18.9. The monoisotopic (exact) mass is 468 g/mol. The van der Waals surface area contributed by atoms with Crippen LogP contribution >= 0.6 is 11.8 Å². The highest BCUT2D eigenvalue weighted by Crippen LogP contribution is 2.37. The van der Waals surface area contributed by atoms with E-state index in [-0.39, 0.29) is 0 Å². The molecule has 3 nitrogen and oxygen atoms in total. The fourth-order valence-corrected chi connectivity index (χ4v) is 6.25. The molecule has 0 saturated heterocycles. The Morgan fingerprint density at radius 3 is 2.17 bits per heavy atom. The molecular weight excluding hydrogens is 441 g/mol. The van der Waals surface area contributed by atoms with E-state index < -0.39 is 15.6 Å². The minimum atomic E-state index is -6.09. The molecule has 0 unspecified atom stereocenters. The van der Waals surface area contributed by atoms with Gasteiger partial charge in [-0.25, -0.2) is 8.42 Å². The molecule has 0 N–H and O–H groups in total. The molecule has 1 saturated carbocycles. The number of hydrogen-bond donors (Lipinski definition) is 0. The van der Waals surface area contributed by atoms with Crippen molar-refractivity contribution in [3.63, 3.8) is 0 Å². The second kappa shape index (κ2) is 11.1. The van der Waals surface area contributed by atoms with Crippen LogP contribution in [0.4, 0.5) is 13.2 Å². The normalized spacial score (nSPS) is 23.0. The Labute approximate surface area is 179 Å². The lowest BCUT2D eigenvalue weighted by molar-refractivity contribution is -0.0517. The average Bonchev–Trinajstić information content (AvgIpc) is 2.69. The molecule has 1 fully saturated rings. The summed E-state index contributed by atoms with van der Waals surface area (Å²) in [6.45, 7) is 2.32. The molecule has 0 amide bonds. The highest BCUT2D eigenvalue weighted by atomic mass is 32.2. The zero-order valence-electron chi connectivity index (χ0n) is 16.4. The van der Waals surface area contributed by atoms with Crippen molar-refractivity contribution in [1.82, 2.24) is 0 Å². The van der Waals surface area contributed by atoms with Gasteiger partial charge in [-0.15, -0.1) is 0 Å². The van der Waals surface area contributed by atoms with E-state index in [1.807, 2.05) is 23.1 Å². The van der Waals surface area contributed by atoms with Crippen molar-refractivity contribution >= 4 is 37.4 Å². The Bertz CT molecular complexity index is 766. The average molecular weight is 469 g/mol. The molecule has 0 atom stereocenters. The lowest BCUT2D eigenvalue weighted by Gasteiger charge is -2.28. The van der Waals surface area contributed by atoms with Crippen molar-refractivity contribution in [3.8, 4) is 0 Å². The smallest absolute Gasteiger partial charge is 0.485 e. The first kappa shape index (κ1) is 24.6. The first-order valence-corrected chi connectivity index (χ1v) is 13.2. The van der Waals surface area contributed by atoms with E-state index in [1.165, 1.54) is 62.0 Å². The van der Waals surface area contributed by atoms with E-state index in [4.69, 9.17) is 13.0 Å². The minimum absolute atomic E-state index is 0.823. The maximum absolute atomic E-state index is 10.7. The third kappa shape index (κ3) is 7.84. The fourth-order valence-electron chi connectivity index (χ4n) is 3.68. The number of benzene rings is 1. The van der Waals surface area contributed by atoms with Crippen LogP contribution in [0.15, 0.2) is 24.3 Å². The first-order chi connectivity index (χ1) is 13.6. The van der Waals surface area contributed by atoms with Crippen molar-refractivity contribution in [2.24, 2.45) is 5.92 Å². The maximum atomic E-state index is 10.7. The largest absolute Gasteiger partial charge is 0.741 e. The van der Waals surface area contributed by atoms with Crippen molar-refractivity contribution in [3.05, 3.63) is 35.4 Å². The van der Waals surface area contributed by atoms with E-state index in [9.17, 15) is 13.2 Å². The SMILES string of the molecule is CCCC1CCC(c2ccc(C3=[S+]CCCS3)cc2)CC1.O=S(=O)([O-])C(F)(F)F. The van der Waals surface area contributed by atoms with E-state index >= 15 is 0 Å². The Morgan fingerprint density at radius 2 is 1.72 bits per heavy atom. The van der Waals surface area contributed by atoms with Gasteiger partial charge in [-0.05, 0) is 55.2 Å². The molecule has 3 rings (SSSR count). The van der Waals surface area contributed by atoms with E-state index in [0.717, 1.165) is 11.8 Å². The van der Waals surface area contributed by atoms with Gasteiger partial charge in [0.15, 0.2) is 27.2 Å². The molecule has 1 aliphatic heterocycles. The molecule has 164 valence electrons. The lowest BCUT2D eigenvalue weighted by atomic mass is 9.77. The summed E-state index contributed by atoms with van der Waals surface area (Å²) in [5.74, 6) is 4.43. The minimum Gasteiger partial charge on any atom is -0.741 e. The summed E-state index contributed by atoms with van der Waals surface area (Å²) in [5, 5.41) is 0. The number of hydrogen-bond acceptors (Lipinski definition) is 4. The predicted molar refractivity (Wildman–Crippen MR) is 115 cm³/mol. The van der Waals surface area contributed by atoms with Gasteiger partial charge in [0.2, 0.25) is 0 Å². The molecule has 0 bridgehead atoms. The van der Waals surface area contributed by atoms with Gasteiger partial charge in [-0.2, -0.15) is 13.2 Å². The molecule has 9 heteroatoms. The van der Waals surface area contributed by atoms with E-state index in [0.29, 0.717) is 0 Å². The van der Waals surface area contributed by atoms with Crippen LogP contribution in [0.25, 0.3) is 0 Å². The van der Waals surface area contributed by atoms with Crippen molar-refractivity contribution in [1.29, 1.82) is 0 Å². The molecule has 0 spiro atoms. The summed E-state index contributed by atoms with van der Waals surface area (Å²) in [7, 11) is -6.09. The van der Waals surface area contributed by atoms with Gasteiger partial charge < -0.3 is 4.55 Å². The second-order valence-corrected chi connectivity index (χ2v) is 11.2. The Hall–Kier alpha value is -0.640. The Balaban J connectivity index is 0.000000321. The van der Waals surface area contributed by atoms with Crippen LogP contribution in [0, 0.1) is 5.92 Å².